The maximum absolute atomic E-state index is 12.2. The molecular formula is C18H19N3O. The number of carbonyl (C=O) groups excluding carboxylic acids is 1. The van der Waals surface area contributed by atoms with E-state index in [1.54, 1.807) is 22.0 Å². The van der Waals surface area contributed by atoms with Gasteiger partial charge in [-0.1, -0.05) is 36.3 Å². The third-order valence-electron chi connectivity index (χ3n) is 3.45. The van der Waals surface area contributed by atoms with Crippen LogP contribution in [0.25, 0.3) is 0 Å². The molecule has 0 aliphatic heterocycles. The molecule has 1 aromatic carbocycles. The first-order chi connectivity index (χ1) is 10.5. The molecule has 22 heavy (non-hydrogen) atoms. The number of carbonyl (C=O) groups is 1. The molecule has 0 saturated heterocycles. The van der Waals surface area contributed by atoms with E-state index in [4.69, 9.17) is 6.42 Å². The van der Waals surface area contributed by atoms with E-state index in [2.05, 4.69) is 23.7 Å². The highest BCUT2D eigenvalue weighted by molar-refractivity contribution is 6.00. The Bertz CT molecular complexity index is 737. The Labute approximate surface area is 131 Å². The summed E-state index contributed by atoms with van der Waals surface area (Å²) in [6.07, 6.45) is 10.00. The van der Waals surface area contributed by atoms with Crippen LogP contribution >= 0.6 is 0 Å². The van der Waals surface area contributed by atoms with Crippen LogP contribution in [-0.2, 0) is 17.9 Å². The summed E-state index contributed by atoms with van der Waals surface area (Å²) in [7, 11) is 0. The van der Waals surface area contributed by atoms with Gasteiger partial charge in [0.05, 0.1) is 18.4 Å². The van der Waals surface area contributed by atoms with Gasteiger partial charge < -0.3 is 4.90 Å². The van der Waals surface area contributed by atoms with Gasteiger partial charge in [-0.25, -0.2) is 0 Å². The van der Waals surface area contributed by atoms with E-state index < -0.39 is 0 Å². The van der Waals surface area contributed by atoms with Crippen LogP contribution in [0.3, 0.4) is 0 Å². The lowest BCUT2D eigenvalue weighted by Gasteiger charge is -2.20. The minimum Gasteiger partial charge on any atom is -0.301 e. The van der Waals surface area contributed by atoms with Gasteiger partial charge in [0.2, 0.25) is 0 Å². The number of nitrogens with zero attached hydrogens (tertiary/aromatic N) is 3. The van der Waals surface area contributed by atoms with E-state index in [-0.39, 0.29) is 5.91 Å². The van der Waals surface area contributed by atoms with Crippen molar-refractivity contribution in [2.45, 2.75) is 26.9 Å². The van der Waals surface area contributed by atoms with E-state index in [9.17, 15) is 4.79 Å². The number of hydrogen-bond acceptors (Lipinski definition) is 2. The minimum atomic E-state index is -0.166. The van der Waals surface area contributed by atoms with E-state index in [0.29, 0.717) is 18.8 Å². The Balaban J connectivity index is 2.31. The summed E-state index contributed by atoms with van der Waals surface area (Å²) >= 11 is 0. The number of benzene rings is 1. The van der Waals surface area contributed by atoms with Crippen molar-refractivity contribution in [2.24, 2.45) is 0 Å². The van der Waals surface area contributed by atoms with Crippen LogP contribution in [0.2, 0.25) is 0 Å². The van der Waals surface area contributed by atoms with Crippen molar-refractivity contribution in [2.75, 3.05) is 4.90 Å². The zero-order valence-corrected chi connectivity index (χ0v) is 12.9. The molecule has 1 amide bonds. The van der Waals surface area contributed by atoms with Gasteiger partial charge in [-0.05, 0) is 31.1 Å². The van der Waals surface area contributed by atoms with Crippen molar-refractivity contribution in [3.8, 4) is 12.3 Å². The predicted octanol–water partition coefficient (Wildman–Crippen LogP) is 2.85. The van der Waals surface area contributed by atoms with E-state index in [0.717, 1.165) is 11.1 Å². The molecule has 2 rings (SSSR count). The normalized spacial score (nSPS) is 10.0. The van der Waals surface area contributed by atoms with Crippen molar-refractivity contribution in [1.29, 1.82) is 0 Å². The largest absolute Gasteiger partial charge is 0.301 e. The third-order valence-corrected chi connectivity index (χ3v) is 3.45. The zero-order chi connectivity index (χ0) is 16.1. The van der Waals surface area contributed by atoms with E-state index in [1.165, 1.54) is 11.6 Å². The molecule has 4 nitrogen and oxygen atoms in total. The van der Waals surface area contributed by atoms with Crippen molar-refractivity contribution in [3.63, 3.8) is 0 Å². The van der Waals surface area contributed by atoms with Crippen LogP contribution in [0, 0.1) is 26.2 Å². The number of anilines is 1. The Morgan fingerprint density at radius 3 is 2.91 bits per heavy atom. The Morgan fingerprint density at radius 2 is 2.27 bits per heavy atom. The fraction of sp³-hybridized carbons (Fsp3) is 0.222. The molecule has 0 saturated carbocycles. The summed E-state index contributed by atoms with van der Waals surface area (Å²) in [6, 6.07) is 6.19. The molecule has 0 atom stereocenters. The van der Waals surface area contributed by atoms with Crippen LogP contribution in [0.5, 0.6) is 0 Å². The molecule has 1 heterocycles. The number of hydrogen-bond donors (Lipinski definition) is 0. The lowest BCUT2D eigenvalue weighted by molar-refractivity contribution is -0.114. The summed E-state index contributed by atoms with van der Waals surface area (Å²) in [5.74, 6) is 2.35. The van der Waals surface area contributed by atoms with Crippen molar-refractivity contribution in [3.05, 3.63) is 59.9 Å². The van der Waals surface area contributed by atoms with Crippen LogP contribution in [0.15, 0.2) is 43.2 Å². The van der Waals surface area contributed by atoms with Crippen molar-refractivity contribution >= 4 is 11.6 Å². The summed E-state index contributed by atoms with van der Waals surface area (Å²) in [6.45, 7) is 8.51. The topological polar surface area (TPSA) is 38.1 Å². The Morgan fingerprint density at radius 1 is 1.50 bits per heavy atom. The molecule has 0 N–H and O–H groups in total. The zero-order valence-electron chi connectivity index (χ0n) is 12.9. The second-order valence-electron chi connectivity index (χ2n) is 5.16. The second-order valence-corrected chi connectivity index (χ2v) is 5.16. The highest BCUT2D eigenvalue weighted by atomic mass is 16.2. The van der Waals surface area contributed by atoms with Crippen LogP contribution in [0.4, 0.5) is 5.69 Å². The second kappa shape index (κ2) is 6.77. The fourth-order valence-corrected chi connectivity index (χ4v) is 2.27. The van der Waals surface area contributed by atoms with Gasteiger partial charge in [-0.3, -0.25) is 9.48 Å². The first kappa shape index (κ1) is 15.6. The Hall–Kier alpha value is -2.80. The molecule has 0 spiro atoms. The molecule has 1 aromatic heterocycles. The molecule has 4 heteroatoms. The first-order valence-corrected chi connectivity index (χ1v) is 7.01. The number of rotatable bonds is 5. The average molecular weight is 293 g/mol. The average Bonchev–Trinajstić information content (AvgIpc) is 2.94. The maximum Gasteiger partial charge on any atom is 0.250 e. The molecule has 0 aliphatic rings. The Kier molecular flexibility index (Phi) is 4.80. The van der Waals surface area contributed by atoms with Gasteiger partial charge in [0.15, 0.2) is 0 Å². The summed E-state index contributed by atoms with van der Waals surface area (Å²) in [5, 5.41) is 4.17. The smallest absolute Gasteiger partial charge is 0.250 e. The highest BCUT2D eigenvalue weighted by Gasteiger charge is 2.16. The minimum absolute atomic E-state index is 0.166. The lowest BCUT2D eigenvalue weighted by Crippen LogP contribution is -2.28. The summed E-state index contributed by atoms with van der Waals surface area (Å²) < 4.78 is 1.63. The van der Waals surface area contributed by atoms with Gasteiger partial charge in [0.25, 0.3) is 5.91 Å². The van der Waals surface area contributed by atoms with Crippen LogP contribution in [-0.4, -0.2) is 15.7 Å². The third kappa shape index (κ3) is 3.44. The van der Waals surface area contributed by atoms with E-state index >= 15 is 0 Å². The van der Waals surface area contributed by atoms with Gasteiger partial charge in [-0.15, -0.1) is 6.42 Å². The van der Waals surface area contributed by atoms with Gasteiger partial charge in [-0.2, -0.15) is 5.10 Å². The molecule has 0 bridgehead atoms. The first-order valence-electron chi connectivity index (χ1n) is 7.01. The van der Waals surface area contributed by atoms with Gasteiger partial charge >= 0.3 is 0 Å². The summed E-state index contributed by atoms with van der Waals surface area (Å²) in [5.41, 5.74) is 4.15. The molecule has 0 fully saturated rings. The molecular weight excluding hydrogens is 274 g/mol. The monoisotopic (exact) mass is 293 g/mol. The molecule has 2 aromatic rings. The number of aryl methyl sites for hydroxylation is 2. The van der Waals surface area contributed by atoms with Crippen molar-refractivity contribution in [1.82, 2.24) is 9.78 Å². The van der Waals surface area contributed by atoms with Crippen LogP contribution in [0.1, 0.15) is 16.7 Å². The fourth-order valence-electron chi connectivity index (χ4n) is 2.27. The van der Waals surface area contributed by atoms with E-state index in [1.807, 2.05) is 26.0 Å². The van der Waals surface area contributed by atoms with Gasteiger partial charge in [0, 0.05) is 6.20 Å². The van der Waals surface area contributed by atoms with Gasteiger partial charge in [0.1, 0.15) is 6.54 Å². The molecule has 0 radical (unpaired) electrons. The van der Waals surface area contributed by atoms with Crippen LogP contribution < -0.4 is 4.90 Å². The highest BCUT2D eigenvalue weighted by Crippen LogP contribution is 2.20. The summed E-state index contributed by atoms with van der Waals surface area (Å²) in [4.78, 5) is 13.8. The number of terminal acetylenes is 1. The van der Waals surface area contributed by atoms with Crippen molar-refractivity contribution < 1.29 is 4.79 Å². The maximum atomic E-state index is 12.2. The quantitative estimate of drug-likeness (QED) is 0.628. The standard InChI is InChI=1S/C18H19N3O/c1-5-9-20-13-17(11-19-20)21(18(22)6-2)12-16-8-7-14(3)10-15(16)4/h1,6-8,10-11,13H,2,9,12H2,3-4H3. The predicted molar refractivity (Wildman–Crippen MR) is 88.4 cm³/mol. The molecule has 0 unspecified atom stereocenters. The number of amides is 1. The SMILES string of the molecule is C#CCn1cc(N(Cc2ccc(C)cc2C)C(=O)C=C)cn1. The number of aromatic nitrogens is 2. The molecule has 0 aliphatic carbocycles. The molecule has 112 valence electrons. The lowest BCUT2D eigenvalue weighted by atomic mass is 10.1.